The molecule has 1 saturated heterocycles. The lowest BCUT2D eigenvalue weighted by molar-refractivity contribution is -0.384. The summed E-state index contributed by atoms with van der Waals surface area (Å²) in [5, 5.41) is 13.5. The predicted octanol–water partition coefficient (Wildman–Crippen LogP) is 3.41. The van der Waals surface area contributed by atoms with Gasteiger partial charge in [-0.3, -0.25) is 14.9 Å². The number of nitrogens with zero attached hydrogens (tertiary/aromatic N) is 3. The highest BCUT2D eigenvalue weighted by molar-refractivity contribution is 5.94. The number of amides is 1. The van der Waals surface area contributed by atoms with Crippen LogP contribution in [-0.2, 0) is 6.18 Å². The zero-order valence-corrected chi connectivity index (χ0v) is 14.6. The summed E-state index contributed by atoms with van der Waals surface area (Å²) in [6.45, 7) is 1.09. The summed E-state index contributed by atoms with van der Waals surface area (Å²) in [5.41, 5.74) is -0.548. The van der Waals surface area contributed by atoms with E-state index in [0.29, 0.717) is 37.3 Å². The minimum atomic E-state index is -4.42. The number of carbonyl (C=O) groups is 1. The van der Waals surface area contributed by atoms with Gasteiger partial charge in [-0.05, 0) is 37.1 Å². The number of nitro benzene ring substituents is 1. The molecule has 2 aromatic rings. The highest BCUT2D eigenvalue weighted by atomic mass is 19.4. The molecule has 1 aromatic heterocycles. The van der Waals surface area contributed by atoms with Crippen molar-refractivity contribution in [1.82, 2.24) is 10.3 Å². The van der Waals surface area contributed by atoms with E-state index < -0.39 is 16.7 Å². The van der Waals surface area contributed by atoms with Crippen LogP contribution >= 0.6 is 0 Å². The molecule has 0 spiro atoms. The molecule has 0 bridgehead atoms. The van der Waals surface area contributed by atoms with E-state index in [9.17, 15) is 28.1 Å². The quantitative estimate of drug-likeness (QED) is 0.634. The summed E-state index contributed by atoms with van der Waals surface area (Å²) < 4.78 is 37.8. The van der Waals surface area contributed by atoms with Crippen molar-refractivity contribution < 1.29 is 22.9 Å². The number of non-ortho nitro benzene ring substituents is 1. The average Bonchev–Trinajstić information content (AvgIpc) is 2.68. The van der Waals surface area contributed by atoms with Gasteiger partial charge in [0.15, 0.2) is 0 Å². The SMILES string of the molecule is O=C(NC1CCN(c2ccc(C(F)(F)F)cn2)CC1)c1ccc([N+](=O)[O-])cc1. The molecule has 1 fully saturated rings. The lowest BCUT2D eigenvalue weighted by atomic mass is 10.0. The summed E-state index contributed by atoms with van der Waals surface area (Å²) in [5.74, 6) is 0.147. The Labute approximate surface area is 158 Å². The zero-order chi connectivity index (χ0) is 20.3. The lowest BCUT2D eigenvalue weighted by Crippen LogP contribution is -2.45. The Kier molecular flexibility index (Phi) is 5.48. The first-order chi connectivity index (χ1) is 13.2. The number of hydrogen-bond donors (Lipinski definition) is 1. The molecule has 148 valence electrons. The molecule has 10 heteroatoms. The standard InChI is InChI=1S/C18H17F3N4O3/c19-18(20,21)13-3-6-16(22-11-13)24-9-7-14(8-10-24)23-17(26)12-1-4-15(5-2-12)25(27)28/h1-6,11,14H,7-10H2,(H,23,26). The Bertz CT molecular complexity index is 846. The van der Waals surface area contributed by atoms with Gasteiger partial charge in [-0.2, -0.15) is 13.2 Å². The number of rotatable bonds is 4. The van der Waals surface area contributed by atoms with E-state index in [1.165, 1.54) is 30.3 Å². The highest BCUT2D eigenvalue weighted by Gasteiger charge is 2.31. The molecule has 28 heavy (non-hydrogen) atoms. The van der Waals surface area contributed by atoms with Crippen molar-refractivity contribution in [2.24, 2.45) is 0 Å². The molecule has 0 aliphatic carbocycles. The van der Waals surface area contributed by atoms with Crippen molar-refractivity contribution in [2.75, 3.05) is 18.0 Å². The third-order valence-corrected chi connectivity index (χ3v) is 4.57. The number of halogens is 3. The predicted molar refractivity (Wildman–Crippen MR) is 95.0 cm³/mol. The molecule has 2 heterocycles. The Morgan fingerprint density at radius 3 is 2.29 bits per heavy atom. The number of hydrogen-bond acceptors (Lipinski definition) is 5. The second kappa shape index (κ2) is 7.83. The average molecular weight is 394 g/mol. The normalized spacial score (nSPS) is 15.3. The van der Waals surface area contributed by atoms with Crippen molar-refractivity contribution in [3.8, 4) is 0 Å². The third kappa shape index (κ3) is 4.56. The van der Waals surface area contributed by atoms with Crippen LogP contribution in [0, 0.1) is 10.1 Å². The van der Waals surface area contributed by atoms with Crippen LogP contribution < -0.4 is 10.2 Å². The third-order valence-electron chi connectivity index (χ3n) is 4.57. The van der Waals surface area contributed by atoms with E-state index in [4.69, 9.17) is 0 Å². The van der Waals surface area contributed by atoms with Crippen molar-refractivity contribution in [3.63, 3.8) is 0 Å². The van der Waals surface area contributed by atoms with Gasteiger partial charge >= 0.3 is 6.18 Å². The second-order valence-corrected chi connectivity index (χ2v) is 6.44. The van der Waals surface area contributed by atoms with Gasteiger partial charge in [-0.25, -0.2) is 4.98 Å². The summed E-state index contributed by atoms with van der Waals surface area (Å²) in [4.78, 5) is 28.1. The van der Waals surface area contributed by atoms with E-state index in [2.05, 4.69) is 10.3 Å². The van der Waals surface area contributed by atoms with E-state index in [-0.39, 0.29) is 17.6 Å². The van der Waals surface area contributed by atoms with Gasteiger partial charge in [0.05, 0.1) is 10.5 Å². The van der Waals surface area contributed by atoms with Crippen LogP contribution in [0.1, 0.15) is 28.8 Å². The van der Waals surface area contributed by atoms with Crippen molar-refractivity contribution in [1.29, 1.82) is 0 Å². The van der Waals surface area contributed by atoms with Crippen LogP contribution in [0.5, 0.6) is 0 Å². The summed E-state index contributed by atoms with van der Waals surface area (Å²) >= 11 is 0. The van der Waals surface area contributed by atoms with Gasteiger partial charge in [0, 0.05) is 43.0 Å². The van der Waals surface area contributed by atoms with Gasteiger partial charge in [0.2, 0.25) is 0 Å². The minimum Gasteiger partial charge on any atom is -0.356 e. The number of carbonyl (C=O) groups excluding carboxylic acids is 1. The topological polar surface area (TPSA) is 88.4 Å². The maximum Gasteiger partial charge on any atom is 0.417 e. The molecule has 7 nitrogen and oxygen atoms in total. The van der Waals surface area contributed by atoms with E-state index in [1.54, 1.807) is 0 Å². The van der Waals surface area contributed by atoms with Crippen molar-refractivity contribution in [2.45, 2.75) is 25.1 Å². The molecule has 1 amide bonds. The Morgan fingerprint density at radius 2 is 1.79 bits per heavy atom. The zero-order valence-electron chi connectivity index (χ0n) is 14.6. The maximum absolute atomic E-state index is 12.6. The van der Waals surface area contributed by atoms with Crippen LogP contribution in [0.15, 0.2) is 42.6 Å². The molecular formula is C18H17F3N4O3. The fourth-order valence-electron chi connectivity index (χ4n) is 3.00. The number of piperidine rings is 1. The number of aromatic nitrogens is 1. The number of anilines is 1. The molecule has 1 aliphatic heterocycles. The smallest absolute Gasteiger partial charge is 0.356 e. The van der Waals surface area contributed by atoms with Gasteiger partial charge in [-0.1, -0.05) is 0 Å². The highest BCUT2D eigenvalue weighted by Crippen LogP contribution is 2.29. The first-order valence-electron chi connectivity index (χ1n) is 8.57. The van der Waals surface area contributed by atoms with E-state index in [0.717, 1.165) is 12.3 Å². The summed E-state index contributed by atoms with van der Waals surface area (Å²) in [6.07, 6.45) is -2.37. The van der Waals surface area contributed by atoms with Crippen LogP contribution in [0.4, 0.5) is 24.7 Å². The van der Waals surface area contributed by atoms with Gasteiger partial charge in [0.25, 0.3) is 11.6 Å². The fourth-order valence-corrected chi connectivity index (χ4v) is 3.00. The monoisotopic (exact) mass is 394 g/mol. The number of pyridine rings is 1. The molecule has 0 saturated carbocycles. The summed E-state index contributed by atoms with van der Waals surface area (Å²) in [6, 6.07) is 7.60. The number of nitrogens with one attached hydrogen (secondary N) is 1. The molecule has 1 aromatic carbocycles. The Hall–Kier alpha value is -3.17. The first kappa shape index (κ1) is 19.6. The largest absolute Gasteiger partial charge is 0.417 e. The minimum absolute atomic E-state index is 0.0890. The molecule has 0 atom stereocenters. The van der Waals surface area contributed by atoms with Crippen LogP contribution in [0.2, 0.25) is 0 Å². The lowest BCUT2D eigenvalue weighted by Gasteiger charge is -2.33. The number of alkyl halides is 3. The second-order valence-electron chi connectivity index (χ2n) is 6.44. The molecule has 3 rings (SSSR count). The first-order valence-corrected chi connectivity index (χ1v) is 8.57. The fraction of sp³-hybridized carbons (Fsp3) is 0.333. The van der Waals surface area contributed by atoms with Gasteiger partial charge in [0.1, 0.15) is 5.82 Å². The van der Waals surface area contributed by atoms with Gasteiger partial charge in [-0.15, -0.1) is 0 Å². The molecule has 1 aliphatic rings. The van der Waals surface area contributed by atoms with E-state index >= 15 is 0 Å². The van der Waals surface area contributed by atoms with Crippen LogP contribution in [0.25, 0.3) is 0 Å². The van der Waals surface area contributed by atoms with Crippen molar-refractivity contribution >= 4 is 17.4 Å². The summed E-state index contributed by atoms with van der Waals surface area (Å²) in [7, 11) is 0. The Balaban J connectivity index is 1.53. The molecular weight excluding hydrogens is 377 g/mol. The number of benzene rings is 1. The van der Waals surface area contributed by atoms with E-state index in [1.807, 2.05) is 4.90 Å². The van der Waals surface area contributed by atoms with Crippen LogP contribution in [0.3, 0.4) is 0 Å². The molecule has 0 unspecified atom stereocenters. The molecule has 1 N–H and O–H groups in total. The Morgan fingerprint density at radius 1 is 1.14 bits per heavy atom. The van der Waals surface area contributed by atoms with Crippen LogP contribution in [-0.4, -0.2) is 34.9 Å². The molecule has 0 radical (unpaired) electrons. The van der Waals surface area contributed by atoms with Gasteiger partial charge < -0.3 is 10.2 Å². The maximum atomic E-state index is 12.6. The number of nitro groups is 1. The van der Waals surface area contributed by atoms with Crippen molar-refractivity contribution in [3.05, 3.63) is 63.8 Å².